The SMILES string of the molecule is O=C(COc1ccc(Cl)cc1)N1CCC(c2nnc(C3CC3)o2)CC1. The zero-order chi connectivity index (χ0) is 17.2. The lowest BCUT2D eigenvalue weighted by atomic mass is 9.97. The highest BCUT2D eigenvalue weighted by molar-refractivity contribution is 6.30. The van der Waals surface area contributed by atoms with Crippen LogP contribution in [0.3, 0.4) is 0 Å². The van der Waals surface area contributed by atoms with Crippen molar-refractivity contribution >= 4 is 17.5 Å². The molecule has 1 aromatic carbocycles. The van der Waals surface area contributed by atoms with Crippen molar-refractivity contribution in [1.29, 1.82) is 0 Å². The Morgan fingerprint density at radius 2 is 1.68 bits per heavy atom. The van der Waals surface area contributed by atoms with Crippen LogP contribution in [-0.2, 0) is 4.79 Å². The number of likely N-dealkylation sites (tertiary alicyclic amines) is 1. The zero-order valence-corrected chi connectivity index (χ0v) is 14.6. The predicted molar refractivity (Wildman–Crippen MR) is 91.8 cm³/mol. The van der Waals surface area contributed by atoms with Crippen molar-refractivity contribution in [1.82, 2.24) is 15.1 Å². The number of carbonyl (C=O) groups excluding carboxylic acids is 1. The Morgan fingerprint density at radius 3 is 2.28 bits per heavy atom. The van der Waals surface area contributed by atoms with Gasteiger partial charge in [-0.1, -0.05) is 11.6 Å². The van der Waals surface area contributed by atoms with Crippen LogP contribution >= 0.6 is 11.6 Å². The van der Waals surface area contributed by atoms with Crippen LogP contribution in [0.1, 0.15) is 49.3 Å². The molecule has 2 aliphatic rings. The van der Waals surface area contributed by atoms with Crippen LogP contribution in [0.15, 0.2) is 28.7 Å². The molecule has 2 heterocycles. The van der Waals surface area contributed by atoms with Gasteiger partial charge in [0.05, 0.1) is 0 Å². The van der Waals surface area contributed by atoms with Gasteiger partial charge in [0.15, 0.2) is 6.61 Å². The lowest BCUT2D eigenvalue weighted by Crippen LogP contribution is -2.40. The fourth-order valence-corrected chi connectivity index (χ4v) is 3.18. The van der Waals surface area contributed by atoms with E-state index in [1.807, 2.05) is 4.90 Å². The summed E-state index contributed by atoms with van der Waals surface area (Å²) in [5.41, 5.74) is 0. The number of hydrogen-bond acceptors (Lipinski definition) is 5. The largest absolute Gasteiger partial charge is 0.484 e. The molecule has 4 rings (SSSR count). The number of ether oxygens (including phenoxy) is 1. The molecule has 1 amide bonds. The molecule has 0 bridgehead atoms. The first-order chi connectivity index (χ1) is 12.2. The molecule has 0 radical (unpaired) electrons. The van der Waals surface area contributed by atoms with E-state index in [1.54, 1.807) is 24.3 Å². The molecule has 0 atom stereocenters. The lowest BCUT2D eigenvalue weighted by molar-refractivity contribution is -0.134. The number of benzene rings is 1. The van der Waals surface area contributed by atoms with E-state index in [1.165, 1.54) is 0 Å². The van der Waals surface area contributed by atoms with E-state index in [2.05, 4.69) is 10.2 Å². The maximum atomic E-state index is 12.3. The molecule has 1 aliphatic carbocycles. The van der Waals surface area contributed by atoms with Crippen LogP contribution in [0, 0.1) is 0 Å². The molecule has 2 fully saturated rings. The van der Waals surface area contributed by atoms with Crippen LogP contribution in [0.2, 0.25) is 5.02 Å². The maximum Gasteiger partial charge on any atom is 0.260 e. The summed E-state index contributed by atoms with van der Waals surface area (Å²) in [4.78, 5) is 14.1. The van der Waals surface area contributed by atoms with Crippen molar-refractivity contribution in [3.63, 3.8) is 0 Å². The summed E-state index contributed by atoms with van der Waals surface area (Å²) in [6.45, 7) is 1.42. The van der Waals surface area contributed by atoms with Crippen LogP contribution in [0.4, 0.5) is 0 Å². The van der Waals surface area contributed by atoms with E-state index in [0.29, 0.717) is 29.8 Å². The summed E-state index contributed by atoms with van der Waals surface area (Å²) >= 11 is 5.83. The molecule has 7 heteroatoms. The second-order valence-corrected chi connectivity index (χ2v) is 7.09. The molecule has 0 spiro atoms. The van der Waals surface area contributed by atoms with Gasteiger partial charge in [-0.25, -0.2) is 0 Å². The van der Waals surface area contributed by atoms with E-state index < -0.39 is 0 Å². The fraction of sp³-hybridized carbons (Fsp3) is 0.500. The number of piperidine rings is 1. The Kier molecular flexibility index (Phi) is 4.61. The van der Waals surface area contributed by atoms with Gasteiger partial charge in [-0.3, -0.25) is 4.79 Å². The Balaban J connectivity index is 1.25. The highest BCUT2D eigenvalue weighted by atomic mass is 35.5. The third-order valence-corrected chi connectivity index (χ3v) is 5.01. The Hall–Kier alpha value is -2.08. The number of nitrogens with zero attached hydrogens (tertiary/aromatic N) is 3. The van der Waals surface area contributed by atoms with E-state index >= 15 is 0 Å². The molecule has 2 aromatic rings. The molecule has 6 nitrogen and oxygen atoms in total. The lowest BCUT2D eigenvalue weighted by Gasteiger charge is -2.30. The van der Waals surface area contributed by atoms with Gasteiger partial charge < -0.3 is 14.1 Å². The zero-order valence-electron chi connectivity index (χ0n) is 13.9. The molecule has 1 saturated heterocycles. The van der Waals surface area contributed by atoms with Crippen molar-refractivity contribution in [2.45, 2.75) is 37.5 Å². The van der Waals surface area contributed by atoms with Gasteiger partial charge in [-0.15, -0.1) is 10.2 Å². The second kappa shape index (κ2) is 7.04. The van der Waals surface area contributed by atoms with Crippen molar-refractivity contribution in [2.24, 2.45) is 0 Å². The van der Waals surface area contributed by atoms with Crippen LogP contribution in [0.5, 0.6) is 5.75 Å². The Morgan fingerprint density at radius 1 is 1.08 bits per heavy atom. The monoisotopic (exact) mass is 361 g/mol. The third-order valence-electron chi connectivity index (χ3n) is 4.76. The highest BCUT2D eigenvalue weighted by Gasteiger charge is 2.32. The van der Waals surface area contributed by atoms with Crippen molar-refractivity contribution < 1.29 is 13.9 Å². The average molecular weight is 362 g/mol. The molecule has 132 valence electrons. The summed E-state index contributed by atoms with van der Waals surface area (Å²) in [6, 6.07) is 7.00. The first-order valence-electron chi connectivity index (χ1n) is 8.68. The number of amides is 1. The number of aromatic nitrogens is 2. The molecular weight excluding hydrogens is 342 g/mol. The first-order valence-corrected chi connectivity index (χ1v) is 9.06. The molecule has 0 N–H and O–H groups in total. The molecular formula is C18H20ClN3O3. The van der Waals surface area contributed by atoms with Gasteiger partial charge in [0.1, 0.15) is 5.75 Å². The van der Waals surface area contributed by atoms with E-state index in [4.69, 9.17) is 20.8 Å². The molecule has 1 aliphatic heterocycles. The second-order valence-electron chi connectivity index (χ2n) is 6.65. The smallest absolute Gasteiger partial charge is 0.260 e. The molecule has 1 aromatic heterocycles. The maximum absolute atomic E-state index is 12.3. The van der Waals surface area contributed by atoms with Gasteiger partial charge in [0.2, 0.25) is 11.8 Å². The van der Waals surface area contributed by atoms with E-state index in [0.717, 1.165) is 37.5 Å². The summed E-state index contributed by atoms with van der Waals surface area (Å²) in [6.07, 6.45) is 4.00. The van der Waals surface area contributed by atoms with Crippen molar-refractivity contribution in [3.8, 4) is 5.75 Å². The van der Waals surface area contributed by atoms with Gasteiger partial charge in [-0.2, -0.15) is 0 Å². The molecule has 0 unspecified atom stereocenters. The van der Waals surface area contributed by atoms with Crippen LogP contribution in [0.25, 0.3) is 0 Å². The van der Waals surface area contributed by atoms with E-state index in [9.17, 15) is 4.79 Å². The number of rotatable bonds is 5. The first kappa shape index (κ1) is 16.4. The number of halogens is 1. The summed E-state index contributed by atoms with van der Waals surface area (Å²) in [5.74, 6) is 2.88. The van der Waals surface area contributed by atoms with Crippen molar-refractivity contribution in [3.05, 3.63) is 41.1 Å². The minimum Gasteiger partial charge on any atom is -0.484 e. The molecule has 1 saturated carbocycles. The Labute approximate surface area is 151 Å². The predicted octanol–water partition coefficient (Wildman–Crippen LogP) is 3.39. The highest BCUT2D eigenvalue weighted by Crippen LogP contribution is 2.40. The summed E-state index contributed by atoms with van der Waals surface area (Å²) in [5, 5.41) is 8.99. The van der Waals surface area contributed by atoms with Crippen LogP contribution < -0.4 is 4.74 Å². The molecule has 25 heavy (non-hydrogen) atoms. The van der Waals surface area contributed by atoms with Gasteiger partial charge in [0.25, 0.3) is 5.91 Å². The van der Waals surface area contributed by atoms with Crippen LogP contribution in [-0.4, -0.2) is 40.7 Å². The van der Waals surface area contributed by atoms with E-state index in [-0.39, 0.29) is 18.4 Å². The van der Waals surface area contributed by atoms with Gasteiger partial charge in [-0.05, 0) is 49.9 Å². The van der Waals surface area contributed by atoms with Gasteiger partial charge >= 0.3 is 0 Å². The quantitative estimate of drug-likeness (QED) is 0.816. The minimum absolute atomic E-state index is 0.00222. The number of carbonyl (C=O) groups is 1. The minimum atomic E-state index is -0.00222. The third kappa shape index (κ3) is 3.95. The van der Waals surface area contributed by atoms with Crippen molar-refractivity contribution in [2.75, 3.05) is 19.7 Å². The fourth-order valence-electron chi connectivity index (χ4n) is 3.05. The normalized spacial score (nSPS) is 18.4. The standard InChI is InChI=1S/C18H20ClN3O3/c19-14-3-5-15(6-4-14)24-11-16(23)22-9-7-13(8-10-22)18-21-20-17(25-18)12-1-2-12/h3-6,12-13H,1-2,7-11H2. The van der Waals surface area contributed by atoms with Gasteiger partial charge in [0, 0.05) is 29.9 Å². The number of hydrogen-bond donors (Lipinski definition) is 0. The average Bonchev–Trinajstić information content (AvgIpc) is 3.38. The summed E-state index contributed by atoms with van der Waals surface area (Å²) < 4.78 is 11.3. The topological polar surface area (TPSA) is 68.5 Å². The Bertz CT molecular complexity index is 734. The summed E-state index contributed by atoms with van der Waals surface area (Å²) in [7, 11) is 0.